The summed E-state index contributed by atoms with van der Waals surface area (Å²) in [6, 6.07) is 5.75. The molecule has 0 aliphatic carbocycles. The molecule has 5 heteroatoms. The Labute approximate surface area is 78.8 Å². The number of hydrogen-bond donors (Lipinski definition) is 1. The zero-order valence-corrected chi connectivity index (χ0v) is 7.14. The van der Waals surface area contributed by atoms with E-state index < -0.39 is 0 Å². The average molecular weight is 186 g/mol. The van der Waals surface area contributed by atoms with Crippen LogP contribution in [-0.2, 0) is 0 Å². The molecule has 0 saturated carbocycles. The summed E-state index contributed by atoms with van der Waals surface area (Å²) >= 11 is 0. The first-order valence-corrected chi connectivity index (χ1v) is 4.13. The highest BCUT2D eigenvalue weighted by Crippen LogP contribution is 2.20. The molecular weight excluding hydrogens is 180 g/mol. The molecule has 0 aliphatic heterocycles. The number of H-pyrrole nitrogens is 1. The van der Waals surface area contributed by atoms with Crippen LogP contribution in [0.3, 0.4) is 0 Å². The fourth-order valence-corrected chi connectivity index (χ4v) is 1.36. The third-order valence-electron chi connectivity index (χ3n) is 2.03. The summed E-state index contributed by atoms with van der Waals surface area (Å²) < 4.78 is 5.08. The van der Waals surface area contributed by atoms with Crippen LogP contribution in [0, 0.1) is 0 Å². The second kappa shape index (κ2) is 2.66. The van der Waals surface area contributed by atoms with Gasteiger partial charge < -0.3 is 9.40 Å². The summed E-state index contributed by atoms with van der Waals surface area (Å²) in [4.78, 5) is 7.16. The van der Waals surface area contributed by atoms with Crippen LogP contribution in [-0.4, -0.2) is 20.2 Å². The molecule has 2 heterocycles. The lowest BCUT2D eigenvalue weighted by molar-refractivity contribution is 0.569. The zero-order chi connectivity index (χ0) is 9.38. The van der Waals surface area contributed by atoms with E-state index in [9.17, 15) is 0 Å². The summed E-state index contributed by atoms with van der Waals surface area (Å²) in [5.41, 5.74) is 2.76. The van der Waals surface area contributed by atoms with Gasteiger partial charge in [0.2, 0.25) is 12.3 Å². The summed E-state index contributed by atoms with van der Waals surface area (Å²) in [6.45, 7) is 0. The zero-order valence-electron chi connectivity index (χ0n) is 7.14. The quantitative estimate of drug-likeness (QED) is 0.626. The molecule has 0 bridgehead atoms. The van der Waals surface area contributed by atoms with E-state index in [1.54, 1.807) is 6.33 Å². The second-order valence-corrected chi connectivity index (χ2v) is 2.88. The highest BCUT2D eigenvalue weighted by molar-refractivity contribution is 5.79. The normalized spacial score (nSPS) is 10.9. The molecule has 3 rings (SSSR count). The van der Waals surface area contributed by atoms with Gasteiger partial charge in [0.25, 0.3) is 0 Å². The average Bonchev–Trinajstić information content (AvgIpc) is 2.88. The van der Waals surface area contributed by atoms with Crippen LogP contribution in [0.5, 0.6) is 0 Å². The molecular formula is C9H6N4O. The highest BCUT2D eigenvalue weighted by atomic mass is 16.4. The summed E-state index contributed by atoms with van der Waals surface area (Å²) in [7, 11) is 0. The van der Waals surface area contributed by atoms with E-state index in [0.29, 0.717) is 5.89 Å². The SMILES string of the molecule is c1nc2cc(-c3nnco3)ccc2[nH]1. The van der Waals surface area contributed by atoms with E-state index in [4.69, 9.17) is 4.42 Å². The standard InChI is InChI=1S/C9H6N4O/c1-2-7-8(11-4-10-7)3-6(1)9-13-12-5-14-9/h1-5H,(H,10,11). The Morgan fingerprint density at radius 1 is 1.29 bits per heavy atom. The van der Waals surface area contributed by atoms with Crippen LogP contribution < -0.4 is 0 Å². The summed E-state index contributed by atoms with van der Waals surface area (Å²) in [5.74, 6) is 0.509. The van der Waals surface area contributed by atoms with Crippen molar-refractivity contribution in [2.45, 2.75) is 0 Å². The number of aromatic amines is 1. The Hall–Kier alpha value is -2.17. The van der Waals surface area contributed by atoms with E-state index >= 15 is 0 Å². The molecule has 14 heavy (non-hydrogen) atoms. The van der Waals surface area contributed by atoms with Gasteiger partial charge in [0.15, 0.2) is 0 Å². The first kappa shape index (κ1) is 7.25. The molecule has 1 N–H and O–H groups in total. The monoisotopic (exact) mass is 186 g/mol. The van der Waals surface area contributed by atoms with Gasteiger partial charge in [-0.2, -0.15) is 0 Å². The molecule has 68 valence electrons. The van der Waals surface area contributed by atoms with Crippen LogP contribution in [0.2, 0.25) is 0 Å². The molecule has 1 aromatic carbocycles. The Morgan fingerprint density at radius 3 is 3.14 bits per heavy atom. The Bertz CT molecular complexity index is 555. The van der Waals surface area contributed by atoms with Crippen molar-refractivity contribution >= 4 is 11.0 Å². The van der Waals surface area contributed by atoms with Crippen LogP contribution >= 0.6 is 0 Å². The van der Waals surface area contributed by atoms with Gasteiger partial charge in [0.05, 0.1) is 17.4 Å². The second-order valence-electron chi connectivity index (χ2n) is 2.88. The largest absolute Gasteiger partial charge is 0.423 e. The number of hydrogen-bond acceptors (Lipinski definition) is 4. The molecule has 0 unspecified atom stereocenters. The van der Waals surface area contributed by atoms with E-state index in [0.717, 1.165) is 16.6 Å². The summed E-state index contributed by atoms with van der Waals surface area (Å²) in [5, 5.41) is 7.44. The Balaban J connectivity index is 2.23. The molecule has 0 saturated heterocycles. The van der Waals surface area contributed by atoms with E-state index in [2.05, 4.69) is 20.2 Å². The van der Waals surface area contributed by atoms with Crippen LogP contribution in [0.1, 0.15) is 0 Å². The number of imidazole rings is 1. The number of rotatable bonds is 1. The van der Waals surface area contributed by atoms with Crippen molar-refractivity contribution in [2.75, 3.05) is 0 Å². The van der Waals surface area contributed by atoms with Crippen molar-refractivity contribution in [2.24, 2.45) is 0 Å². The van der Waals surface area contributed by atoms with Gasteiger partial charge in [-0.15, -0.1) is 10.2 Å². The minimum atomic E-state index is 0.509. The van der Waals surface area contributed by atoms with Gasteiger partial charge in [-0.3, -0.25) is 0 Å². The third kappa shape index (κ3) is 0.990. The first-order valence-electron chi connectivity index (χ1n) is 4.13. The molecule has 0 amide bonds. The number of benzene rings is 1. The maximum atomic E-state index is 5.08. The molecule has 0 spiro atoms. The van der Waals surface area contributed by atoms with Crippen LogP contribution in [0.4, 0.5) is 0 Å². The molecule has 2 aromatic heterocycles. The number of aromatic nitrogens is 4. The smallest absolute Gasteiger partial charge is 0.247 e. The summed E-state index contributed by atoms with van der Waals surface area (Å²) in [6.07, 6.45) is 2.96. The van der Waals surface area contributed by atoms with Crippen molar-refractivity contribution in [3.63, 3.8) is 0 Å². The molecule has 5 nitrogen and oxygen atoms in total. The highest BCUT2D eigenvalue weighted by Gasteiger charge is 2.04. The molecule has 3 aromatic rings. The maximum Gasteiger partial charge on any atom is 0.247 e. The van der Waals surface area contributed by atoms with Gasteiger partial charge in [-0.05, 0) is 18.2 Å². The topological polar surface area (TPSA) is 67.6 Å². The fourth-order valence-electron chi connectivity index (χ4n) is 1.36. The third-order valence-corrected chi connectivity index (χ3v) is 2.03. The predicted molar refractivity (Wildman–Crippen MR) is 49.4 cm³/mol. The lowest BCUT2D eigenvalue weighted by Crippen LogP contribution is -1.78. The maximum absolute atomic E-state index is 5.08. The van der Waals surface area contributed by atoms with E-state index in [-0.39, 0.29) is 0 Å². The van der Waals surface area contributed by atoms with E-state index in [1.807, 2.05) is 18.2 Å². The van der Waals surface area contributed by atoms with Gasteiger partial charge in [0, 0.05) is 5.56 Å². The van der Waals surface area contributed by atoms with Crippen molar-refractivity contribution in [1.29, 1.82) is 0 Å². The number of nitrogens with zero attached hydrogens (tertiary/aromatic N) is 3. The molecule has 0 atom stereocenters. The van der Waals surface area contributed by atoms with Crippen molar-refractivity contribution in [3.05, 3.63) is 30.9 Å². The molecule has 0 radical (unpaired) electrons. The predicted octanol–water partition coefficient (Wildman–Crippen LogP) is 1.61. The lowest BCUT2D eigenvalue weighted by Gasteiger charge is -1.93. The number of fused-ring (bicyclic) bond motifs is 1. The number of nitrogens with one attached hydrogen (secondary N) is 1. The van der Waals surface area contributed by atoms with E-state index in [1.165, 1.54) is 6.39 Å². The van der Waals surface area contributed by atoms with Crippen molar-refractivity contribution < 1.29 is 4.42 Å². The van der Waals surface area contributed by atoms with Crippen molar-refractivity contribution in [3.8, 4) is 11.5 Å². The Morgan fingerprint density at radius 2 is 2.29 bits per heavy atom. The van der Waals surface area contributed by atoms with Gasteiger partial charge in [0.1, 0.15) is 0 Å². The minimum absolute atomic E-state index is 0.509. The van der Waals surface area contributed by atoms with Gasteiger partial charge in [-0.25, -0.2) is 4.98 Å². The van der Waals surface area contributed by atoms with Crippen LogP contribution in [0.15, 0.2) is 35.3 Å². The fraction of sp³-hybridized carbons (Fsp3) is 0. The first-order chi connectivity index (χ1) is 6.93. The molecule has 0 fully saturated rings. The van der Waals surface area contributed by atoms with Gasteiger partial charge in [-0.1, -0.05) is 0 Å². The van der Waals surface area contributed by atoms with Gasteiger partial charge >= 0.3 is 0 Å². The molecule has 0 aliphatic rings. The Kier molecular flexibility index (Phi) is 1.38. The van der Waals surface area contributed by atoms with Crippen molar-refractivity contribution in [1.82, 2.24) is 20.2 Å². The lowest BCUT2D eigenvalue weighted by atomic mass is 10.2. The minimum Gasteiger partial charge on any atom is -0.423 e. The van der Waals surface area contributed by atoms with Crippen LogP contribution in [0.25, 0.3) is 22.5 Å².